The normalized spacial score (nSPS) is 29.6. The van der Waals surface area contributed by atoms with Gasteiger partial charge in [0.25, 0.3) is 0 Å². The largest absolute Gasteiger partial charge is 0.472 e. The maximum absolute atomic E-state index is 13.0. The van der Waals surface area contributed by atoms with Crippen molar-refractivity contribution in [3.05, 3.63) is 24.3 Å². The van der Waals surface area contributed by atoms with Crippen LogP contribution >= 0.6 is 7.82 Å². The van der Waals surface area contributed by atoms with Gasteiger partial charge < -0.3 is 119 Å². The molecule has 4 rings (SSSR count). The first-order valence-electron chi connectivity index (χ1n) is 40.3. The second kappa shape index (κ2) is 56.5. The third kappa shape index (κ3) is 38.5. The van der Waals surface area contributed by atoms with Gasteiger partial charge in [-0.25, -0.2) is 4.57 Å². The van der Waals surface area contributed by atoms with E-state index in [9.17, 15) is 84.5 Å². The number of ether oxygens (including phenoxy) is 10. The van der Waals surface area contributed by atoms with Crippen LogP contribution in [0.3, 0.4) is 0 Å². The molecular formula is C76H136N3O29P. The highest BCUT2D eigenvalue weighted by Gasteiger charge is 2.56. The van der Waals surface area contributed by atoms with E-state index in [0.717, 1.165) is 84.0 Å². The van der Waals surface area contributed by atoms with Crippen molar-refractivity contribution >= 4 is 37.5 Å². The van der Waals surface area contributed by atoms with E-state index >= 15 is 0 Å². The fraction of sp³-hybridized carbons (Fsp3) is 0.882. The second-order valence-corrected chi connectivity index (χ2v) is 30.5. The van der Waals surface area contributed by atoms with Crippen LogP contribution in [0.4, 0.5) is 0 Å². The van der Waals surface area contributed by atoms with Crippen molar-refractivity contribution in [2.24, 2.45) is 0 Å². The summed E-state index contributed by atoms with van der Waals surface area (Å²) in [5, 5.41) is 115. The van der Waals surface area contributed by atoms with E-state index in [-0.39, 0.29) is 70.5 Å². The average Bonchev–Trinajstić information content (AvgIpc) is 0.758. The highest BCUT2D eigenvalue weighted by atomic mass is 31.2. The monoisotopic (exact) mass is 1590 g/mol. The van der Waals surface area contributed by atoms with Gasteiger partial charge in [0.2, 0.25) is 17.7 Å². The quantitative estimate of drug-likeness (QED) is 0.0158. The molecule has 109 heavy (non-hydrogen) atoms. The summed E-state index contributed by atoms with van der Waals surface area (Å²) in [6.45, 7) is 4.74. The number of nitrogens with one attached hydrogen (secondary N) is 3. The van der Waals surface area contributed by atoms with Crippen LogP contribution in [-0.2, 0) is 85.0 Å². The molecule has 634 valence electrons. The van der Waals surface area contributed by atoms with Gasteiger partial charge in [0.05, 0.1) is 45.2 Å². The molecule has 22 atom stereocenters. The van der Waals surface area contributed by atoms with Gasteiger partial charge in [-0.1, -0.05) is 141 Å². The Morgan fingerprint density at radius 1 is 0.440 bits per heavy atom. The van der Waals surface area contributed by atoms with Crippen LogP contribution < -0.4 is 16.0 Å². The molecular weight excluding hydrogens is 1450 g/mol. The number of allylic oxidation sites excluding steroid dienone is 4. The second-order valence-electron chi connectivity index (χ2n) is 29.0. The van der Waals surface area contributed by atoms with Gasteiger partial charge in [-0.3, -0.25) is 33.0 Å². The molecule has 0 aromatic carbocycles. The number of phosphoric acid groups is 1. The lowest BCUT2D eigenvalue weighted by Crippen LogP contribution is -2.70. The molecule has 0 saturated carbocycles. The molecule has 4 saturated heterocycles. The summed E-state index contributed by atoms with van der Waals surface area (Å²) in [6, 6.07) is -1.50. The summed E-state index contributed by atoms with van der Waals surface area (Å²) in [5.74, 6) is -2.58. The topological polar surface area (TPSA) is 472 Å². The van der Waals surface area contributed by atoms with E-state index < -0.39 is 193 Å². The number of aliphatic hydroxyl groups excluding tert-OH is 10. The molecule has 3 amide bonds. The summed E-state index contributed by atoms with van der Waals surface area (Å²) >= 11 is 0. The first kappa shape index (κ1) is 97.6. The number of hydrogen-bond donors (Lipinski definition) is 14. The molecule has 0 radical (unpaired) electrons. The number of amides is 3. The number of carbonyl (C=O) groups is 5. The Morgan fingerprint density at radius 3 is 1.38 bits per heavy atom. The first-order chi connectivity index (χ1) is 52.4. The van der Waals surface area contributed by atoms with Crippen LogP contribution in [0.25, 0.3) is 0 Å². The van der Waals surface area contributed by atoms with E-state index in [4.69, 9.17) is 56.4 Å². The molecule has 0 bridgehead atoms. The Morgan fingerprint density at radius 2 is 0.881 bits per heavy atom. The Hall–Kier alpha value is -3.78. The molecule has 4 heterocycles. The van der Waals surface area contributed by atoms with Crippen LogP contribution in [0.1, 0.15) is 247 Å². The number of carbonyl (C=O) groups excluding carboxylic acids is 5. The van der Waals surface area contributed by atoms with E-state index in [0.29, 0.717) is 12.8 Å². The van der Waals surface area contributed by atoms with Crippen molar-refractivity contribution < 1.29 is 141 Å². The van der Waals surface area contributed by atoms with Crippen molar-refractivity contribution in [2.75, 3.05) is 52.7 Å². The van der Waals surface area contributed by atoms with Crippen molar-refractivity contribution in [3.8, 4) is 0 Å². The zero-order valence-corrected chi connectivity index (χ0v) is 66.0. The third-order valence-electron chi connectivity index (χ3n) is 19.6. The van der Waals surface area contributed by atoms with E-state index in [1.54, 1.807) is 0 Å². The molecule has 0 aromatic rings. The average molecular weight is 1590 g/mol. The van der Waals surface area contributed by atoms with E-state index in [2.05, 4.69) is 54.1 Å². The number of rotatable bonds is 59. The highest BCUT2D eigenvalue weighted by Crippen LogP contribution is 2.43. The maximum atomic E-state index is 13.0. The van der Waals surface area contributed by atoms with Gasteiger partial charge >= 0.3 is 19.8 Å². The molecule has 4 aliphatic heterocycles. The zero-order valence-electron chi connectivity index (χ0n) is 65.1. The summed E-state index contributed by atoms with van der Waals surface area (Å²) in [5.41, 5.74) is 0. The van der Waals surface area contributed by atoms with Crippen LogP contribution in [-0.4, -0.2) is 267 Å². The molecule has 0 spiro atoms. The maximum Gasteiger partial charge on any atom is 0.472 e. The standard InChI is InChI=1S/C76H136N3O29P/c1-6-8-10-12-14-16-18-20-22-24-26-28-30-32-34-41-59(85)98-49-54(103-60(86)42-35-33-31-29-27-25-23-21-19-17-15-13-11-9-7-2)50-100-109(95,96)99-46-44-78-58(84)40-37-36-39-57(83)77-43-38-45-97-73-61(79-53(5)82)71(70(56(48-81)105-73)106-74-68(93)65(90)62(87)51(3)101-74)107-76-72(67(92)64(89)55(47-80)104-76)108-75-69(94)66(91)63(88)52(4)102-75/h20-23,51-52,54-56,61-76,80-81,87-94H,6-19,24-50H2,1-5H3,(H,77,83)(H,78,84)(H,79,82)(H,95,96)/b22-20-,23-21-/t51-,52-,54+,55+,56+,61+,62+,63+,64-,65+,66+,67-,68-,69-,70-,71+,72+,73+,74+,75+,76-/m0/s1. The fourth-order valence-electron chi connectivity index (χ4n) is 13.0. The minimum atomic E-state index is -4.77. The molecule has 1 unspecified atom stereocenters. The first-order valence-corrected chi connectivity index (χ1v) is 41.8. The van der Waals surface area contributed by atoms with Crippen LogP contribution in [0.15, 0.2) is 24.3 Å². The van der Waals surface area contributed by atoms with Gasteiger partial charge in [0.1, 0.15) is 92.0 Å². The summed E-state index contributed by atoms with van der Waals surface area (Å²) in [7, 11) is -4.77. The Balaban J connectivity index is 1.23. The van der Waals surface area contributed by atoms with Gasteiger partial charge in [-0.2, -0.15) is 0 Å². The Bertz CT molecular complexity index is 2580. The summed E-state index contributed by atoms with van der Waals surface area (Å²) in [4.78, 5) is 75.1. The lowest BCUT2D eigenvalue weighted by atomic mass is 9.94. The predicted octanol–water partition coefficient (Wildman–Crippen LogP) is 5.32. The van der Waals surface area contributed by atoms with Crippen molar-refractivity contribution in [3.63, 3.8) is 0 Å². The molecule has 32 nitrogen and oxygen atoms in total. The Labute approximate surface area is 644 Å². The zero-order chi connectivity index (χ0) is 79.9. The lowest BCUT2D eigenvalue weighted by Gasteiger charge is -2.51. The highest BCUT2D eigenvalue weighted by molar-refractivity contribution is 7.47. The van der Waals surface area contributed by atoms with Gasteiger partial charge in [-0.05, 0) is 97.3 Å². The number of unbranched alkanes of at least 4 members (excludes halogenated alkanes) is 23. The van der Waals surface area contributed by atoms with E-state index in [1.165, 1.54) is 90.9 Å². The van der Waals surface area contributed by atoms with Gasteiger partial charge in [0.15, 0.2) is 31.3 Å². The van der Waals surface area contributed by atoms with E-state index in [1.807, 2.05) is 0 Å². The summed E-state index contributed by atoms with van der Waals surface area (Å²) < 4.78 is 82.4. The van der Waals surface area contributed by atoms with Crippen LogP contribution in [0.5, 0.6) is 0 Å². The molecule has 0 aliphatic carbocycles. The SMILES string of the molecule is CCCCCCCC/C=C\CCCCCCCC(=O)OC[C@H](COP(=O)(O)OCCNC(=O)CCCCC(=O)NCCCO[C@@H]1O[C@H](CO)[C@H](O[C@H]2O[C@@H](C)[C@@H](O)[C@@H](O)[C@@H]2O)[C@H](O[C@@H]2O[C@H](CO)[C@H](O)[C@H](O)[C@H]2O[C@H]2O[C@@H](C)[C@@H](O)[C@@H](O)[C@@H]2O)[C@H]1NC(C)=O)OC(=O)CCCCCCC/C=C\CCCCCCCC. The van der Waals surface area contributed by atoms with Crippen molar-refractivity contribution in [2.45, 2.75) is 375 Å². The van der Waals surface area contributed by atoms with Crippen LogP contribution in [0, 0.1) is 0 Å². The van der Waals surface area contributed by atoms with Crippen molar-refractivity contribution in [1.29, 1.82) is 0 Å². The number of phosphoric ester groups is 1. The van der Waals surface area contributed by atoms with Crippen LogP contribution in [0.2, 0.25) is 0 Å². The van der Waals surface area contributed by atoms with Crippen molar-refractivity contribution in [1.82, 2.24) is 16.0 Å². The molecule has 4 fully saturated rings. The van der Waals surface area contributed by atoms with Gasteiger partial charge in [-0.15, -0.1) is 0 Å². The lowest BCUT2D eigenvalue weighted by molar-refractivity contribution is -0.391. The predicted molar refractivity (Wildman–Crippen MR) is 397 cm³/mol. The number of aliphatic hydroxyl groups is 10. The fourth-order valence-corrected chi connectivity index (χ4v) is 13.8. The molecule has 33 heteroatoms. The molecule has 0 aromatic heterocycles. The number of esters is 2. The molecule has 4 aliphatic rings. The minimum absolute atomic E-state index is 0.00718. The smallest absolute Gasteiger partial charge is 0.462 e. The summed E-state index contributed by atoms with van der Waals surface area (Å²) in [6.07, 6.45) is 5.34. The molecule has 14 N–H and O–H groups in total. The number of hydrogen-bond acceptors (Lipinski definition) is 28. The Kier molecular flexibility index (Phi) is 50.6. The van der Waals surface area contributed by atoms with Gasteiger partial charge in [0, 0.05) is 45.7 Å². The third-order valence-corrected chi connectivity index (χ3v) is 20.6. The minimum Gasteiger partial charge on any atom is -0.462 e.